The molecule has 0 atom stereocenters. The van der Waals surface area contributed by atoms with Crippen LogP contribution in [0.4, 0.5) is 5.13 Å². The molecule has 0 aliphatic carbocycles. The molecule has 0 amide bonds. The Kier molecular flexibility index (Phi) is 4.04. The van der Waals surface area contributed by atoms with Crippen molar-refractivity contribution >= 4 is 16.5 Å². The van der Waals surface area contributed by atoms with Gasteiger partial charge in [-0.15, -0.1) is 11.3 Å². The molecule has 0 aliphatic heterocycles. The van der Waals surface area contributed by atoms with Gasteiger partial charge in [0.25, 0.3) is 0 Å². The van der Waals surface area contributed by atoms with Crippen LogP contribution < -0.4 is 15.2 Å². The highest BCUT2D eigenvalue weighted by Gasteiger charge is 2.04. The molecule has 1 aromatic heterocycles. The Labute approximate surface area is 110 Å². The summed E-state index contributed by atoms with van der Waals surface area (Å²) in [4.78, 5) is 5.23. The van der Waals surface area contributed by atoms with Crippen molar-refractivity contribution in [1.29, 1.82) is 0 Å². The first kappa shape index (κ1) is 12.7. The summed E-state index contributed by atoms with van der Waals surface area (Å²) in [6.45, 7) is 0. The van der Waals surface area contributed by atoms with Gasteiger partial charge in [0.1, 0.15) is 11.5 Å². The van der Waals surface area contributed by atoms with Crippen LogP contribution in [0, 0.1) is 0 Å². The zero-order valence-electron chi connectivity index (χ0n) is 10.5. The highest BCUT2D eigenvalue weighted by molar-refractivity contribution is 7.15. The minimum atomic E-state index is 0.619. The number of methoxy groups -OCH3 is 2. The Morgan fingerprint density at radius 1 is 1.11 bits per heavy atom. The summed E-state index contributed by atoms with van der Waals surface area (Å²) in [6.07, 6.45) is 3.66. The molecule has 0 saturated heterocycles. The molecule has 96 valence electrons. The van der Waals surface area contributed by atoms with E-state index in [0.29, 0.717) is 5.13 Å². The largest absolute Gasteiger partial charge is 0.497 e. The van der Waals surface area contributed by atoms with Crippen LogP contribution in [0.3, 0.4) is 0 Å². The van der Waals surface area contributed by atoms with E-state index in [9.17, 15) is 0 Å². The number of thiazole rings is 1. The number of nitrogens with zero attached hydrogens (tertiary/aromatic N) is 1. The Hall–Kier alpha value is -1.75. The van der Waals surface area contributed by atoms with Gasteiger partial charge >= 0.3 is 0 Å². The van der Waals surface area contributed by atoms with Crippen molar-refractivity contribution in [2.75, 3.05) is 20.0 Å². The number of rotatable bonds is 5. The molecule has 0 unspecified atom stereocenters. The van der Waals surface area contributed by atoms with Gasteiger partial charge in [-0.2, -0.15) is 0 Å². The maximum absolute atomic E-state index is 5.61. The van der Waals surface area contributed by atoms with Gasteiger partial charge in [0.15, 0.2) is 5.13 Å². The molecule has 0 spiro atoms. The van der Waals surface area contributed by atoms with Gasteiger partial charge in [-0.05, 0) is 30.5 Å². The molecule has 5 heteroatoms. The first-order valence-electron chi connectivity index (χ1n) is 5.63. The molecule has 1 aromatic carbocycles. The zero-order valence-corrected chi connectivity index (χ0v) is 11.3. The summed E-state index contributed by atoms with van der Waals surface area (Å²) in [6, 6.07) is 5.91. The lowest BCUT2D eigenvalue weighted by molar-refractivity contribution is 0.393. The third-order valence-corrected chi connectivity index (χ3v) is 3.53. The van der Waals surface area contributed by atoms with E-state index in [4.69, 9.17) is 15.2 Å². The van der Waals surface area contributed by atoms with Gasteiger partial charge in [-0.1, -0.05) is 0 Å². The van der Waals surface area contributed by atoms with Crippen LogP contribution in [0.5, 0.6) is 11.5 Å². The predicted octanol–water partition coefficient (Wildman–Crippen LogP) is 2.53. The average Bonchev–Trinajstić information content (AvgIpc) is 2.81. The number of anilines is 1. The molecule has 4 nitrogen and oxygen atoms in total. The number of nitrogen functional groups attached to an aromatic ring is 1. The molecule has 0 radical (unpaired) electrons. The molecular formula is C13H16N2O2S. The van der Waals surface area contributed by atoms with Gasteiger partial charge in [0.05, 0.1) is 14.2 Å². The summed E-state index contributed by atoms with van der Waals surface area (Å²) < 4.78 is 10.5. The molecule has 0 fully saturated rings. The fourth-order valence-corrected chi connectivity index (χ4v) is 2.40. The third-order valence-electron chi connectivity index (χ3n) is 2.64. The lowest BCUT2D eigenvalue weighted by Crippen LogP contribution is -1.93. The Morgan fingerprint density at radius 3 is 2.28 bits per heavy atom. The standard InChI is InChI=1S/C13H16N2O2S/c1-16-10-5-9(6-11(7-10)17-2)3-4-12-8-15-13(14)18-12/h5-8H,3-4H2,1-2H3,(H2,14,15). The van der Waals surface area contributed by atoms with E-state index in [1.165, 1.54) is 21.8 Å². The number of nitrogens with two attached hydrogens (primary N) is 1. The van der Waals surface area contributed by atoms with Crippen molar-refractivity contribution in [1.82, 2.24) is 4.98 Å². The van der Waals surface area contributed by atoms with Crippen LogP contribution in [0.25, 0.3) is 0 Å². The first-order chi connectivity index (χ1) is 8.71. The number of hydrogen-bond acceptors (Lipinski definition) is 5. The Bertz CT molecular complexity index is 503. The van der Waals surface area contributed by atoms with Crippen LogP contribution in [0.1, 0.15) is 10.4 Å². The van der Waals surface area contributed by atoms with Crippen LogP contribution in [-0.4, -0.2) is 19.2 Å². The van der Waals surface area contributed by atoms with Crippen molar-refractivity contribution in [3.63, 3.8) is 0 Å². The van der Waals surface area contributed by atoms with Crippen molar-refractivity contribution in [2.45, 2.75) is 12.8 Å². The van der Waals surface area contributed by atoms with Crippen molar-refractivity contribution in [3.05, 3.63) is 34.8 Å². The molecule has 2 rings (SSSR count). The van der Waals surface area contributed by atoms with Crippen molar-refractivity contribution in [3.8, 4) is 11.5 Å². The van der Waals surface area contributed by atoms with E-state index >= 15 is 0 Å². The van der Waals surface area contributed by atoms with Gasteiger partial charge in [0, 0.05) is 17.1 Å². The monoisotopic (exact) mass is 264 g/mol. The van der Waals surface area contributed by atoms with Gasteiger partial charge in [-0.3, -0.25) is 0 Å². The Morgan fingerprint density at radius 2 is 1.78 bits per heavy atom. The van der Waals surface area contributed by atoms with Gasteiger partial charge < -0.3 is 15.2 Å². The summed E-state index contributed by atoms with van der Waals surface area (Å²) in [5, 5.41) is 0.619. The second kappa shape index (κ2) is 5.73. The molecule has 2 aromatic rings. The van der Waals surface area contributed by atoms with E-state index in [-0.39, 0.29) is 0 Å². The number of aryl methyl sites for hydroxylation is 2. The fraction of sp³-hybridized carbons (Fsp3) is 0.308. The summed E-state index contributed by atoms with van der Waals surface area (Å²) in [5.74, 6) is 1.63. The van der Waals surface area contributed by atoms with Gasteiger partial charge in [-0.25, -0.2) is 4.98 Å². The summed E-state index contributed by atoms with van der Waals surface area (Å²) in [5.41, 5.74) is 6.79. The zero-order chi connectivity index (χ0) is 13.0. The third kappa shape index (κ3) is 3.13. The molecular weight excluding hydrogens is 248 g/mol. The Balaban J connectivity index is 2.08. The lowest BCUT2D eigenvalue weighted by Gasteiger charge is -2.07. The second-order valence-electron chi connectivity index (χ2n) is 3.89. The smallest absolute Gasteiger partial charge is 0.180 e. The van der Waals surface area contributed by atoms with Crippen LogP contribution >= 0.6 is 11.3 Å². The molecule has 0 saturated carbocycles. The number of benzene rings is 1. The minimum absolute atomic E-state index is 0.619. The number of aromatic nitrogens is 1. The van der Waals surface area contributed by atoms with Gasteiger partial charge in [0.2, 0.25) is 0 Å². The summed E-state index contributed by atoms with van der Waals surface area (Å²) in [7, 11) is 3.31. The normalized spacial score (nSPS) is 10.3. The number of hydrogen-bond donors (Lipinski definition) is 1. The maximum Gasteiger partial charge on any atom is 0.180 e. The van der Waals surface area contributed by atoms with Crippen LogP contribution in [-0.2, 0) is 12.8 Å². The molecule has 0 bridgehead atoms. The molecule has 2 N–H and O–H groups in total. The quantitative estimate of drug-likeness (QED) is 0.901. The topological polar surface area (TPSA) is 57.4 Å². The van der Waals surface area contributed by atoms with Crippen molar-refractivity contribution in [2.24, 2.45) is 0 Å². The van der Waals surface area contributed by atoms with E-state index in [2.05, 4.69) is 4.98 Å². The highest BCUT2D eigenvalue weighted by atomic mass is 32.1. The van der Waals surface area contributed by atoms with Crippen LogP contribution in [0.15, 0.2) is 24.4 Å². The highest BCUT2D eigenvalue weighted by Crippen LogP contribution is 2.24. The number of ether oxygens (including phenoxy) is 2. The summed E-state index contributed by atoms with van der Waals surface area (Å²) >= 11 is 1.53. The molecule has 0 aliphatic rings. The lowest BCUT2D eigenvalue weighted by atomic mass is 10.1. The second-order valence-corrected chi connectivity index (χ2v) is 5.03. The maximum atomic E-state index is 5.61. The molecule has 1 heterocycles. The molecule has 18 heavy (non-hydrogen) atoms. The predicted molar refractivity (Wildman–Crippen MR) is 73.5 cm³/mol. The minimum Gasteiger partial charge on any atom is -0.497 e. The van der Waals surface area contributed by atoms with E-state index in [1.54, 1.807) is 14.2 Å². The SMILES string of the molecule is COc1cc(CCc2cnc(N)s2)cc(OC)c1. The fourth-order valence-electron chi connectivity index (χ4n) is 1.72. The van der Waals surface area contributed by atoms with E-state index in [1.807, 2.05) is 24.4 Å². The van der Waals surface area contributed by atoms with Crippen molar-refractivity contribution < 1.29 is 9.47 Å². The van der Waals surface area contributed by atoms with E-state index in [0.717, 1.165) is 24.3 Å². The first-order valence-corrected chi connectivity index (χ1v) is 6.45. The average molecular weight is 264 g/mol. The van der Waals surface area contributed by atoms with Crippen LogP contribution in [0.2, 0.25) is 0 Å². The van der Waals surface area contributed by atoms with E-state index < -0.39 is 0 Å².